The van der Waals surface area contributed by atoms with Crippen molar-refractivity contribution in [2.75, 3.05) is 6.61 Å². The maximum Gasteiger partial charge on any atom is 0.326 e. The summed E-state index contributed by atoms with van der Waals surface area (Å²) in [6.07, 6.45) is 0. The highest BCUT2D eigenvalue weighted by molar-refractivity contribution is 7.16. The van der Waals surface area contributed by atoms with Crippen molar-refractivity contribution < 1.29 is 14.3 Å². The number of carbonyl (C=O) groups is 2. The minimum absolute atomic E-state index is 0.117. The molecular formula is C19H16Cl2N2O3S. The number of ether oxygens (including phenoxy) is 1. The van der Waals surface area contributed by atoms with E-state index in [0.717, 1.165) is 10.3 Å². The van der Waals surface area contributed by atoms with E-state index < -0.39 is 11.9 Å². The second-order valence-corrected chi connectivity index (χ2v) is 7.56. The quantitative estimate of drug-likeness (QED) is 0.576. The second kappa shape index (κ2) is 8.25. The average molecular weight is 423 g/mol. The Kier molecular flexibility index (Phi) is 5.99. The normalized spacial score (nSPS) is 11.8. The number of benzene rings is 2. The highest BCUT2D eigenvalue weighted by Crippen LogP contribution is 2.32. The monoisotopic (exact) mass is 422 g/mol. The summed E-state index contributed by atoms with van der Waals surface area (Å²) in [4.78, 5) is 29.2. The number of fused-ring (bicyclic) bond motifs is 1. The molecule has 140 valence electrons. The molecule has 0 radical (unpaired) electrons. The first-order chi connectivity index (χ1) is 12.9. The first-order valence-electron chi connectivity index (χ1n) is 8.19. The number of halogens is 2. The van der Waals surface area contributed by atoms with E-state index in [-0.39, 0.29) is 13.2 Å². The fourth-order valence-electron chi connectivity index (χ4n) is 2.52. The minimum Gasteiger partial charge on any atom is -0.465 e. The summed E-state index contributed by atoms with van der Waals surface area (Å²) in [5.41, 5.74) is 2.06. The van der Waals surface area contributed by atoms with Crippen LogP contribution in [-0.4, -0.2) is 23.1 Å². The molecule has 27 heavy (non-hydrogen) atoms. The van der Waals surface area contributed by atoms with Crippen molar-refractivity contribution in [3.8, 4) is 0 Å². The molecule has 0 bridgehead atoms. The second-order valence-electron chi connectivity index (χ2n) is 5.77. The van der Waals surface area contributed by atoms with Gasteiger partial charge in [-0.2, -0.15) is 4.99 Å². The lowest BCUT2D eigenvalue weighted by atomic mass is 10.1. The van der Waals surface area contributed by atoms with Gasteiger partial charge in [0, 0.05) is 5.56 Å². The zero-order valence-corrected chi connectivity index (χ0v) is 17.0. The van der Waals surface area contributed by atoms with E-state index in [2.05, 4.69) is 4.99 Å². The predicted octanol–water partition coefficient (Wildman–Crippen LogP) is 4.62. The summed E-state index contributed by atoms with van der Waals surface area (Å²) in [5, 5.41) is 0.662. The molecule has 0 saturated carbocycles. The van der Waals surface area contributed by atoms with Crippen molar-refractivity contribution >= 4 is 56.6 Å². The van der Waals surface area contributed by atoms with Gasteiger partial charge >= 0.3 is 5.97 Å². The van der Waals surface area contributed by atoms with Crippen LogP contribution in [0.1, 0.15) is 22.8 Å². The summed E-state index contributed by atoms with van der Waals surface area (Å²) >= 11 is 13.7. The van der Waals surface area contributed by atoms with Gasteiger partial charge < -0.3 is 9.30 Å². The van der Waals surface area contributed by atoms with Crippen molar-refractivity contribution in [2.45, 2.75) is 20.4 Å². The first kappa shape index (κ1) is 19.6. The van der Waals surface area contributed by atoms with Gasteiger partial charge in [0.15, 0.2) is 4.80 Å². The molecule has 1 amide bonds. The highest BCUT2D eigenvalue weighted by Gasteiger charge is 2.16. The predicted molar refractivity (Wildman–Crippen MR) is 108 cm³/mol. The van der Waals surface area contributed by atoms with Crippen LogP contribution in [0.2, 0.25) is 10.0 Å². The van der Waals surface area contributed by atoms with Crippen LogP contribution in [0.25, 0.3) is 10.2 Å². The van der Waals surface area contributed by atoms with Crippen molar-refractivity contribution in [3.05, 3.63) is 62.4 Å². The third-order valence-electron chi connectivity index (χ3n) is 3.82. The summed E-state index contributed by atoms with van der Waals surface area (Å²) in [6, 6.07) is 10.6. The van der Waals surface area contributed by atoms with Crippen molar-refractivity contribution in [1.29, 1.82) is 0 Å². The molecule has 5 nitrogen and oxygen atoms in total. The molecule has 0 saturated heterocycles. The number of amides is 1. The van der Waals surface area contributed by atoms with Crippen LogP contribution in [0.5, 0.6) is 0 Å². The summed E-state index contributed by atoms with van der Waals surface area (Å²) in [5.74, 6) is -0.848. The average Bonchev–Trinajstić information content (AvgIpc) is 2.97. The molecule has 0 fully saturated rings. The number of esters is 1. The van der Waals surface area contributed by atoms with Crippen LogP contribution in [0.4, 0.5) is 0 Å². The molecule has 0 aliphatic heterocycles. The smallest absolute Gasteiger partial charge is 0.326 e. The van der Waals surface area contributed by atoms with Gasteiger partial charge in [0.1, 0.15) is 6.54 Å². The number of rotatable bonds is 4. The zero-order valence-electron chi connectivity index (χ0n) is 14.7. The summed E-state index contributed by atoms with van der Waals surface area (Å²) in [7, 11) is 0. The molecule has 2 aromatic carbocycles. The van der Waals surface area contributed by atoms with E-state index in [1.165, 1.54) is 11.3 Å². The number of thiazole rings is 1. The number of nitrogens with zero attached hydrogens (tertiary/aromatic N) is 2. The Bertz CT molecular complexity index is 1080. The molecule has 3 rings (SSSR count). The van der Waals surface area contributed by atoms with E-state index in [9.17, 15) is 9.59 Å². The molecule has 0 spiro atoms. The van der Waals surface area contributed by atoms with Gasteiger partial charge in [0.05, 0.1) is 26.9 Å². The fourth-order valence-corrected chi connectivity index (χ4v) is 4.03. The summed E-state index contributed by atoms with van der Waals surface area (Å²) < 4.78 is 7.37. The molecule has 1 heterocycles. The van der Waals surface area contributed by atoms with Crippen LogP contribution >= 0.6 is 34.5 Å². The maximum atomic E-state index is 12.6. The number of hydrogen-bond acceptors (Lipinski definition) is 4. The highest BCUT2D eigenvalue weighted by atomic mass is 35.5. The Morgan fingerprint density at radius 2 is 1.85 bits per heavy atom. The van der Waals surface area contributed by atoms with E-state index in [0.29, 0.717) is 25.9 Å². The molecule has 8 heteroatoms. The standard InChI is InChI=1S/C19H16Cl2N2O3S/c1-3-26-15(24)10-23-17-14(9-8-13(20)16(17)21)27-19(23)22-18(25)12-6-4-11(2)5-7-12/h4-9H,3,10H2,1-2H3. The van der Waals surface area contributed by atoms with E-state index >= 15 is 0 Å². The maximum absolute atomic E-state index is 12.6. The van der Waals surface area contributed by atoms with Crippen LogP contribution in [-0.2, 0) is 16.1 Å². The topological polar surface area (TPSA) is 60.7 Å². The molecule has 0 aliphatic rings. The third-order valence-corrected chi connectivity index (χ3v) is 5.66. The van der Waals surface area contributed by atoms with Gasteiger partial charge in [0.2, 0.25) is 0 Å². The molecule has 0 unspecified atom stereocenters. The molecule has 0 aliphatic carbocycles. The van der Waals surface area contributed by atoms with Crippen LogP contribution in [0.15, 0.2) is 41.4 Å². The molecule has 0 atom stereocenters. The first-order valence-corrected chi connectivity index (χ1v) is 9.76. The number of carbonyl (C=O) groups excluding carboxylic acids is 2. The van der Waals surface area contributed by atoms with Gasteiger partial charge in [-0.05, 0) is 38.1 Å². The van der Waals surface area contributed by atoms with Crippen molar-refractivity contribution in [3.63, 3.8) is 0 Å². The van der Waals surface area contributed by atoms with E-state index in [1.807, 2.05) is 19.1 Å². The van der Waals surface area contributed by atoms with Crippen molar-refractivity contribution in [1.82, 2.24) is 4.57 Å². The third kappa shape index (κ3) is 4.24. The molecule has 0 N–H and O–H groups in total. The minimum atomic E-state index is -0.447. The van der Waals surface area contributed by atoms with E-state index in [4.69, 9.17) is 27.9 Å². The van der Waals surface area contributed by atoms with Crippen LogP contribution < -0.4 is 4.80 Å². The van der Waals surface area contributed by atoms with Gasteiger partial charge in [-0.15, -0.1) is 0 Å². The summed E-state index contributed by atoms with van der Waals surface area (Å²) in [6.45, 7) is 3.80. The number of hydrogen-bond donors (Lipinski definition) is 0. The van der Waals surface area contributed by atoms with E-state index in [1.54, 1.807) is 35.8 Å². The Morgan fingerprint density at radius 3 is 2.52 bits per heavy atom. The lowest BCUT2D eigenvalue weighted by Gasteiger charge is -2.07. The number of aryl methyl sites for hydroxylation is 1. The number of aromatic nitrogens is 1. The fraction of sp³-hybridized carbons (Fsp3) is 0.211. The van der Waals surface area contributed by atoms with Gasteiger partial charge in [-0.25, -0.2) is 0 Å². The zero-order chi connectivity index (χ0) is 19.6. The van der Waals surface area contributed by atoms with Crippen LogP contribution in [0.3, 0.4) is 0 Å². The van der Waals surface area contributed by atoms with Crippen LogP contribution in [0, 0.1) is 6.92 Å². The van der Waals surface area contributed by atoms with Gasteiger partial charge in [0.25, 0.3) is 5.91 Å². The molecule has 1 aromatic heterocycles. The van der Waals surface area contributed by atoms with Gasteiger partial charge in [-0.3, -0.25) is 9.59 Å². The Labute approximate surface area is 169 Å². The lowest BCUT2D eigenvalue weighted by molar-refractivity contribution is -0.143. The molecular weight excluding hydrogens is 407 g/mol. The van der Waals surface area contributed by atoms with Crippen molar-refractivity contribution in [2.24, 2.45) is 4.99 Å². The largest absolute Gasteiger partial charge is 0.465 e. The Hall–Kier alpha value is -2.15. The molecule has 3 aromatic rings. The van der Waals surface area contributed by atoms with Gasteiger partial charge in [-0.1, -0.05) is 52.2 Å². The Balaban J connectivity index is 2.16. The Morgan fingerprint density at radius 1 is 1.15 bits per heavy atom. The SMILES string of the molecule is CCOC(=O)Cn1c(=NC(=O)c2ccc(C)cc2)sc2ccc(Cl)c(Cl)c21. The lowest BCUT2D eigenvalue weighted by Crippen LogP contribution is -2.23.